The van der Waals surface area contributed by atoms with Crippen molar-refractivity contribution in [2.45, 2.75) is 12.8 Å². The molecular formula is C17H17FN4O2. The van der Waals surface area contributed by atoms with Crippen molar-refractivity contribution >= 4 is 22.7 Å². The molecule has 1 aromatic carbocycles. The number of hydrogen-bond acceptors (Lipinski definition) is 3. The van der Waals surface area contributed by atoms with E-state index in [0.29, 0.717) is 19.5 Å². The average molecular weight is 328 g/mol. The molecule has 124 valence electrons. The first-order chi connectivity index (χ1) is 11.6. The van der Waals surface area contributed by atoms with Crippen molar-refractivity contribution < 1.29 is 14.0 Å². The van der Waals surface area contributed by atoms with Crippen molar-refractivity contribution in [2.24, 2.45) is 5.92 Å². The van der Waals surface area contributed by atoms with Gasteiger partial charge in [0.25, 0.3) is 0 Å². The van der Waals surface area contributed by atoms with Crippen LogP contribution in [0.4, 0.5) is 4.39 Å². The zero-order chi connectivity index (χ0) is 17.1. The minimum absolute atomic E-state index is 0.0512. The van der Waals surface area contributed by atoms with E-state index in [4.69, 9.17) is 5.26 Å². The second-order valence-electron chi connectivity index (χ2n) is 5.87. The van der Waals surface area contributed by atoms with Gasteiger partial charge in [0, 0.05) is 36.6 Å². The van der Waals surface area contributed by atoms with Crippen molar-refractivity contribution in [1.29, 1.82) is 5.26 Å². The van der Waals surface area contributed by atoms with Gasteiger partial charge in [-0.25, -0.2) is 4.39 Å². The van der Waals surface area contributed by atoms with E-state index in [9.17, 15) is 14.0 Å². The molecule has 3 rings (SSSR count). The number of likely N-dealkylation sites (tertiary alicyclic amines) is 1. The lowest BCUT2D eigenvalue weighted by molar-refractivity contribution is -0.128. The number of nitrogens with one attached hydrogen (secondary N) is 2. The fourth-order valence-corrected chi connectivity index (χ4v) is 3.05. The van der Waals surface area contributed by atoms with E-state index in [2.05, 4.69) is 10.3 Å². The summed E-state index contributed by atoms with van der Waals surface area (Å²) >= 11 is 0. The van der Waals surface area contributed by atoms with Crippen molar-refractivity contribution in [2.75, 3.05) is 19.6 Å². The van der Waals surface area contributed by atoms with E-state index in [-0.39, 0.29) is 30.6 Å². The van der Waals surface area contributed by atoms with E-state index in [1.165, 1.54) is 12.1 Å². The number of carbonyl (C=O) groups is 2. The molecule has 1 saturated heterocycles. The lowest BCUT2D eigenvalue weighted by Gasteiger charge is -2.16. The van der Waals surface area contributed by atoms with Crippen LogP contribution < -0.4 is 5.32 Å². The molecule has 1 aliphatic heterocycles. The molecule has 1 aliphatic rings. The van der Waals surface area contributed by atoms with Crippen LogP contribution in [0.5, 0.6) is 0 Å². The summed E-state index contributed by atoms with van der Waals surface area (Å²) in [5, 5.41) is 11.8. The highest BCUT2D eigenvalue weighted by Crippen LogP contribution is 2.22. The maximum Gasteiger partial charge on any atom is 0.226 e. The van der Waals surface area contributed by atoms with Gasteiger partial charge in [0.2, 0.25) is 11.8 Å². The summed E-state index contributed by atoms with van der Waals surface area (Å²) in [5.41, 5.74) is 1.79. The second-order valence-corrected chi connectivity index (χ2v) is 5.87. The molecule has 2 N–H and O–H groups in total. The van der Waals surface area contributed by atoms with Crippen molar-refractivity contribution in [3.63, 3.8) is 0 Å². The Kier molecular flexibility index (Phi) is 4.47. The van der Waals surface area contributed by atoms with Gasteiger partial charge in [-0.2, -0.15) is 5.26 Å². The van der Waals surface area contributed by atoms with Crippen LogP contribution in [-0.2, 0) is 16.0 Å². The highest BCUT2D eigenvalue weighted by Gasteiger charge is 2.33. The Balaban J connectivity index is 1.62. The van der Waals surface area contributed by atoms with E-state index in [0.717, 1.165) is 16.5 Å². The first-order valence-electron chi connectivity index (χ1n) is 7.76. The molecule has 24 heavy (non-hydrogen) atoms. The molecule has 0 saturated carbocycles. The Morgan fingerprint density at radius 2 is 2.33 bits per heavy atom. The van der Waals surface area contributed by atoms with Crippen LogP contribution >= 0.6 is 0 Å². The highest BCUT2D eigenvalue weighted by atomic mass is 19.1. The fourth-order valence-electron chi connectivity index (χ4n) is 3.05. The molecule has 0 unspecified atom stereocenters. The average Bonchev–Trinajstić information content (AvgIpc) is 3.14. The Bertz CT molecular complexity index is 824. The minimum Gasteiger partial charge on any atom is -0.361 e. The largest absolute Gasteiger partial charge is 0.361 e. The van der Waals surface area contributed by atoms with Crippen LogP contribution in [0.1, 0.15) is 12.0 Å². The lowest BCUT2D eigenvalue weighted by atomic mass is 10.1. The third-order valence-corrected chi connectivity index (χ3v) is 4.31. The number of fused-ring (bicyclic) bond motifs is 1. The van der Waals surface area contributed by atoms with Crippen LogP contribution in [0, 0.1) is 23.1 Å². The van der Waals surface area contributed by atoms with Crippen molar-refractivity contribution in [3.05, 3.63) is 35.8 Å². The summed E-state index contributed by atoms with van der Waals surface area (Å²) in [4.78, 5) is 28.6. The molecule has 2 aromatic rings. The van der Waals surface area contributed by atoms with Crippen molar-refractivity contribution in [1.82, 2.24) is 15.2 Å². The van der Waals surface area contributed by atoms with Crippen LogP contribution in [0.25, 0.3) is 10.9 Å². The minimum atomic E-state index is -0.411. The fraction of sp³-hybridized carbons (Fsp3) is 0.353. The summed E-state index contributed by atoms with van der Waals surface area (Å²) in [6.07, 6.45) is 2.57. The topological polar surface area (TPSA) is 89.0 Å². The predicted octanol–water partition coefficient (Wildman–Crippen LogP) is 1.34. The second kappa shape index (κ2) is 6.71. The van der Waals surface area contributed by atoms with E-state index in [1.807, 2.05) is 12.3 Å². The summed E-state index contributed by atoms with van der Waals surface area (Å²) in [5.74, 6) is -1.04. The molecule has 6 nitrogen and oxygen atoms in total. The number of halogens is 1. The number of rotatable bonds is 5. The zero-order valence-electron chi connectivity index (χ0n) is 13.0. The molecule has 0 aliphatic carbocycles. The highest BCUT2D eigenvalue weighted by molar-refractivity contribution is 5.89. The van der Waals surface area contributed by atoms with Gasteiger partial charge in [0.1, 0.15) is 12.4 Å². The van der Waals surface area contributed by atoms with Crippen LogP contribution in [0.15, 0.2) is 24.4 Å². The molecule has 1 atom stereocenters. The molecule has 7 heteroatoms. The predicted molar refractivity (Wildman–Crippen MR) is 85.3 cm³/mol. The molecule has 0 spiro atoms. The Morgan fingerprint density at radius 3 is 3.12 bits per heavy atom. The summed E-state index contributed by atoms with van der Waals surface area (Å²) in [7, 11) is 0. The smallest absolute Gasteiger partial charge is 0.226 e. The maximum absolute atomic E-state index is 13.4. The summed E-state index contributed by atoms with van der Waals surface area (Å²) < 4.78 is 13.4. The van der Waals surface area contributed by atoms with Crippen molar-refractivity contribution in [3.8, 4) is 6.07 Å². The number of H-pyrrole nitrogens is 1. The number of nitriles is 1. The summed E-state index contributed by atoms with van der Waals surface area (Å²) in [6, 6.07) is 6.41. The van der Waals surface area contributed by atoms with Gasteiger partial charge in [-0.05, 0) is 30.2 Å². The third kappa shape index (κ3) is 3.23. The number of benzene rings is 1. The molecule has 0 bridgehead atoms. The monoisotopic (exact) mass is 328 g/mol. The van der Waals surface area contributed by atoms with Crippen LogP contribution in [0.3, 0.4) is 0 Å². The van der Waals surface area contributed by atoms with E-state index in [1.54, 1.807) is 11.0 Å². The quantitative estimate of drug-likeness (QED) is 0.812. The normalized spacial score (nSPS) is 17.2. The molecule has 0 radical (unpaired) electrons. The van der Waals surface area contributed by atoms with Gasteiger partial charge in [-0.1, -0.05) is 0 Å². The molecule has 2 amide bonds. The molecule has 1 fully saturated rings. The number of carbonyl (C=O) groups excluding carboxylic acids is 2. The SMILES string of the molecule is N#CCNC(=O)[C@@H]1CC(=O)N(CCc2c[nH]c3ccc(F)cc23)C1. The molecule has 2 heterocycles. The van der Waals surface area contributed by atoms with Gasteiger partial charge in [0.05, 0.1) is 12.0 Å². The Labute approximate surface area is 138 Å². The van der Waals surface area contributed by atoms with Crippen LogP contribution in [-0.4, -0.2) is 41.3 Å². The maximum atomic E-state index is 13.4. The Hall–Kier alpha value is -2.88. The van der Waals surface area contributed by atoms with Gasteiger partial charge in [-0.15, -0.1) is 0 Å². The number of aromatic amines is 1. The standard InChI is InChI=1S/C17H17FN4O2/c18-13-1-2-15-14(8-13)11(9-21-15)3-6-22-10-12(7-16(22)23)17(24)20-5-4-19/h1-2,8-9,12,21H,3,5-7,10H2,(H,20,24)/t12-/m1/s1. The van der Waals surface area contributed by atoms with E-state index < -0.39 is 5.92 Å². The van der Waals surface area contributed by atoms with Gasteiger partial charge >= 0.3 is 0 Å². The number of aromatic nitrogens is 1. The Morgan fingerprint density at radius 1 is 1.50 bits per heavy atom. The first kappa shape index (κ1) is 16.0. The van der Waals surface area contributed by atoms with E-state index >= 15 is 0 Å². The number of amides is 2. The van der Waals surface area contributed by atoms with Crippen LogP contribution in [0.2, 0.25) is 0 Å². The van der Waals surface area contributed by atoms with Gasteiger partial charge in [-0.3, -0.25) is 9.59 Å². The summed E-state index contributed by atoms with van der Waals surface area (Å²) in [6.45, 7) is 0.779. The first-order valence-corrected chi connectivity index (χ1v) is 7.76. The van der Waals surface area contributed by atoms with Gasteiger partial charge < -0.3 is 15.2 Å². The number of hydrogen-bond donors (Lipinski definition) is 2. The molecule has 1 aromatic heterocycles. The van der Waals surface area contributed by atoms with Gasteiger partial charge in [0.15, 0.2) is 0 Å². The third-order valence-electron chi connectivity index (χ3n) is 4.31. The number of nitrogens with zero attached hydrogens (tertiary/aromatic N) is 2. The molecular weight excluding hydrogens is 311 g/mol. The lowest BCUT2D eigenvalue weighted by Crippen LogP contribution is -2.33. The zero-order valence-corrected chi connectivity index (χ0v) is 13.0.